The molecule has 2 nitrogen and oxygen atoms in total. The van der Waals surface area contributed by atoms with E-state index in [0.717, 1.165) is 17.5 Å². The van der Waals surface area contributed by atoms with Gasteiger partial charge in [-0.3, -0.25) is 0 Å². The van der Waals surface area contributed by atoms with Crippen LogP contribution >= 0.6 is 0 Å². The maximum absolute atomic E-state index is 11.0. The summed E-state index contributed by atoms with van der Waals surface area (Å²) in [4.78, 5) is 0. The summed E-state index contributed by atoms with van der Waals surface area (Å²) in [7, 11) is -2.93. The van der Waals surface area contributed by atoms with Crippen LogP contribution in [-0.4, -0.2) is 14.7 Å². The fourth-order valence-corrected chi connectivity index (χ4v) is 2.10. The van der Waals surface area contributed by atoms with Crippen molar-refractivity contribution < 1.29 is 8.42 Å². The highest BCUT2D eigenvalue weighted by Gasteiger charge is 2.04. The Bertz CT molecular complexity index is 419. The topological polar surface area (TPSA) is 34.1 Å². The minimum Gasteiger partial charge on any atom is -0.229 e. The van der Waals surface area contributed by atoms with Gasteiger partial charge in [-0.2, -0.15) is 0 Å². The van der Waals surface area contributed by atoms with E-state index in [9.17, 15) is 8.42 Å². The monoisotopic (exact) mass is 210 g/mol. The van der Waals surface area contributed by atoms with E-state index in [4.69, 9.17) is 0 Å². The molecule has 0 spiro atoms. The van der Waals surface area contributed by atoms with E-state index in [2.05, 4.69) is 6.58 Å². The molecule has 14 heavy (non-hydrogen) atoms. The van der Waals surface area contributed by atoms with Gasteiger partial charge in [0.15, 0.2) is 9.84 Å². The van der Waals surface area contributed by atoms with Crippen LogP contribution in [0.5, 0.6) is 0 Å². The Morgan fingerprint density at radius 1 is 1.36 bits per heavy atom. The normalized spacial score (nSPS) is 11.2. The number of rotatable bonds is 4. The molecule has 0 heterocycles. The minimum atomic E-state index is -2.93. The zero-order valence-corrected chi connectivity index (χ0v) is 9.05. The number of sulfone groups is 1. The third kappa shape index (κ3) is 3.75. The predicted octanol–water partition coefficient (Wildman–Crippen LogP) is 1.96. The highest BCUT2D eigenvalue weighted by atomic mass is 32.2. The lowest BCUT2D eigenvalue weighted by molar-refractivity contribution is 0.601. The quantitative estimate of drug-likeness (QED) is 0.712. The summed E-state index contributed by atoms with van der Waals surface area (Å²) in [5.74, 6) is 0.109. The van der Waals surface area contributed by atoms with Crippen molar-refractivity contribution in [3.8, 4) is 0 Å². The smallest absolute Gasteiger partial charge is 0.151 e. The van der Waals surface area contributed by atoms with E-state index in [-0.39, 0.29) is 5.75 Å². The van der Waals surface area contributed by atoms with Crippen molar-refractivity contribution in [2.24, 2.45) is 0 Å². The van der Waals surface area contributed by atoms with Crippen molar-refractivity contribution in [1.29, 1.82) is 0 Å². The van der Waals surface area contributed by atoms with E-state index in [1.54, 1.807) is 6.08 Å². The van der Waals surface area contributed by atoms with Gasteiger partial charge in [0.1, 0.15) is 0 Å². The lowest BCUT2D eigenvalue weighted by Gasteiger charge is -2.01. The highest BCUT2D eigenvalue weighted by Crippen LogP contribution is 2.09. The molecule has 0 saturated carbocycles. The lowest BCUT2D eigenvalue weighted by atomic mass is 10.1. The molecule has 0 amide bonds. The first-order valence-corrected chi connectivity index (χ1v) is 6.44. The van der Waals surface area contributed by atoms with E-state index < -0.39 is 9.84 Å². The van der Waals surface area contributed by atoms with E-state index >= 15 is 0 Å². The Morgan fingerprint density at radius 2 is 2.00 bits per heavy atom. The molecule has 0 radical (unpaired) electrons. The third-order valence-corrected chi connectivity index (χ3v) is 2.66. The Morgan fingerprint density at radius 3 is 2.57 bits per heavy atom. The molecule has 0 unspecified atom stereocenters. The van der Waals surface area contributed by atoms with Crippen LogP contribution in [0.3, 0.4) is 0 Å². The van der Waals surface area contributed by atoms with Gasteiger partial charge in [0, 0.05) is 6.26 Å². The van der Waals surface area contributed by atoms with Crippen LogP contribution in [-0.2, 0) is 22.0 Å². The van der Waals surface area contributed by atoms with Crippen LogP contribution in [0.1, 0.15) is 11.1 Å². The number of hydrogen-bond acceptors (Lipinski definition) is 2. The Hall–Kier alpha value is -1.09. The van der Waals surface area contributed by atoms with Gasteiger partial charge in [-0.25, -0.2) is 8.42 Å². The number of allylic oxidation sites excluding steroid dienone is 1. The number of benzene rings is 1. The van der Waals surface area contributed by atoms with Crippen molar-refractivity contribution in [3.05, 3.63) is 48.0 Å². The summed E-state index contributed by atoms with van der Waals surface area (Å²) >= 11 is 0. The van der Waals surface area contributed by atoms with Crippen LogP contribution < -0.4 is 0 Å². The first kappa shape index (κ1) is 11.0. The molecule has 1 rings (SSSR count). The molecule has 0 atom stereocenters. The van der Waals surface area contributed by atoms with Crippen molar-refractivity contribution in [2.45, 2.75) is 12.2 Å². The maximum atomic E-state index is 11.0. The van der Waals surface area contributed by atoms with Crippen LogP contribution in [0.25, 0.3) is 0 Å². The second-order valence-corrected chi connectivity index (χ2v) is 5.52. The first-order chi connectivity index (χ1) is 6.51. The van der Waals surface area contributed by atoms with E-state index in [1.165, 1.54) is 6.26 Å². The Balaban J connectivity index is 2.88. The third-order valence-electron chi connectivity index (χ3n) is 1.80. The molecule has 0 N–H and O–H groups in total. The van der Waals surface area contributed by atoms with Crippen molar-refractivity contribution in [2.75, 3.05) is 6.26 Å². The van der Waals surface area contributed by atoms with Gasteiger partial charge in [0.25, 0.3) is 0 Å². The van der Waals surface area contributed by atoms with Gasteiger partial charge in [0.2, 0.25) is 0 Å². The zero-order chi connectivity index (χ0) is 10.6. The summed E-state index contributed by atoms with van der Waals surface area (Å²) in [6.45, 7) is 3.64. The van der Waals surface area contributed by atoms with Crippen LogP contribution in [0.4, 0.5) is 0 Å². The highest BCUT2D eigenvalue weighted by molar-refractivity contribution is 7.89. The Labute approximate surface area is 85.2 Å². The van der Waals surface area contributed by atoms with Crippen LogP contribution in [0, 0.1) is 0 Å². The molecule has 3 heteroatoms. The van der Waals surface area contributed by atoms with Gasteiger partial charge >= 0.3 is 0 Å². The van der Waals surface area contributed by atoms with Gasteiger partial charge in [-0.05, 0) is 17.5 Å². The molecule has 1 aromatic rings. The molecule has 76 valence electrons. The van der Waals surface area contributed by atoms with Gasteiger partial charge in [-0.1, -0.05) is 30.3 Å². The van der Waals surface area contributed by atoms with Gasteiger partial charge in [0.05, 0.1) is 5.75 Å². The van der Waals surface area contributed by atoms with E-state index in [1.807, 2.05) is 24.3 Å². The minimum absolute atomic E-state index is 0.109. The second-order valence-electron chi connectivity index (χ2n) is 3.38. The first-order valence-electron chi connectivity index (χ1n) is 4.38. The average Bonchev–Trinajstić information content (AvgIpc) is 2.02. The fraction of sp³-hybridized carbons (Fsp3) is 0.273. The summed E-state index contributed by atoms with van der Waals surface area (Å²) in [5, 5.41) is 0. The molecule has 0 aliphatic carbocycles. The number of hydrogen-bond donors (Lipinski definition) is 0. The largest absolute Gasteiger partial charge is 0.229 e. The summed E-state index contributed by atoms with van der Waals surface area (Å²) in [5.41, 5.74) is 1.94. The molecule has 0 aliphatic rings. The summed E-state index contributed by atoms with van der Waals surface area (Å²) in [6.07, 6.45) is 3.82. The standard InChI is InChI=1S/C11H14O2S/c1-3-5-10-6-4-7-11(8-10)9-14(2,12)13/h3-4,6-8H,1,5,9H2,2H3. The zero-order valence-electron chi connectivity index (χ0n) is 8.23. The molecular weight excluding hydrogens is 196 g/mol. The lowest BCUT2D eigenvalue weighted by Crippen LogP contribution is -2.00. The average molecular weight is 210 g/mol. The SMILES string of the molecule is C=CCc1cccc(CS(C)(=O)=O)c1. The molecule has 1 aromatic carbocycles. The predicted molar refractivity (Wildman–Crippen MR) is 58.9 cm³/mol. The molecule has 0 bridgehead atoms. The van der Waals surface area contributed by atoms with E-state index in [0.29, 0.717) is 0 Å². The Kier molecular flexibility index (Phi) is 3.47. The van der Waals surface area contributed by atoms with Crippen LogP contribution in [0.2, 0.25) is 0 Å². The van der Waals surface area contributed by atoms with Crippen LogP contribution in [0.15, 0.2) is 36.9 Å². The molecule has 0 aromatic heterocycles. The summed E-state index contributed by atoms with van der Waals surface area (Å²) < 4.78 is 22.1. The summed E-state index contributed by atoms with van der Waals surface area (Å²) in [6, 6.07) is 7.57. The van der Waals surface area contributed by atoms with Gasteiger partial charge in [-0.15, -0.1) is 6.58 Å². The van der Waals surface area contributed by atoms with Gasteiger partial charge < -0.3 is 0 Å². The van der Waals surface area contributed by atoms with Crippen molar-refractivity contribution in [1.82, 2.24) is 0 Å². The molecule has 0 fully saturated rings. The molecule has 0 aliphatic heterocycles. The maximum Gasteiger partial charge on any atom is 0.151 e. The fourth-order valence-electron chi connectivity index (χ4n) is 1.32. The van der Waals surface area contributed by atoms with Crippen molar-refractivity contribution in [3.63, 3.8) is 0 Å². The van der Waals surface area contributed by atoms with Crippen molar-refractivity contribution >= 4 is 9.84 Å². The molecule has 0 saturated heterocycles. The second kappa shape index (κ2) is 4.42. The molecular formula is C11H14O2S.